The van der Waals surface area contributed by atoms with Crippen molar-refractivity contribution in [2.75, 3.05) is 11.1 Å². The predicted octanol–water partition coefficient (Wildman–Crippen LogP) is 2.78. The van der Waals surface area contributed by atoms with Crippen LogP contribution in [-0.4, -0.2) is 16.8 Å². The zero-order valence-corrected chi connectivity index (χ0v) is 12.1. The summed E-state index contributed by atoms with van der Waals surface area (Å²) in [5.41, 5.74) is 2.03. The van der Waals surface area contributed by atoms with Gasteiger partial charge in [0.15, 0.2) is 0 Å². The van der Waals surface area contributed by atoms with Gasteiger partial charge in [-0.05, 0) is 42.0 Å². The van der Waals surface area contributed by atoms with Gasteiger partial charge in [-0.3, -0.25) is 4.79 Å². The Bertz CT molecular complexity index is 663. The van der Waals surface area contributed by atoms with E-state index in [0.29, 0.717) is 11.3 Å². The lowest BCUT2D eigenvalue weighted by atomic mass is 10.2. The van der Waals surface area contributed by atoms with Gasteiger partial charge in [-0.1, -0.05) is 12.1 Å². The molecule has 2 aromatic rings. The Morgan fingerprint density at radius 3 is 2.67 bits per heavy atom. The van der Waals surface area contributed by atoms with Gasteiger partial charge in [-0.25, -0.2) is 0 Å². The summed E-state index contributed by atoms with van der Waals surface area (Å²) >= 11 is 1.41. The Kier molecular flexibility index (Phi) is 5.38. The summed E-state index contributed by atoms with van der Waals surface area (Å²) in [7, 11) is 0. The number of thioether (sulfide) groups is 1. The first-order valence-electron chi connectivity index (χ1n) is 6.34. The predicted molar refractivity (Wildman–Crippen MR) is 82.9 cm³/mol. The molecule has 0 aliphatic carbocycles. The number of benzene rings is 2. The first kappa shape index (κ1) is 15.1. The molecule has 0 unspecified atom stereocenters. The molecule has 0 spiro atoms. The van der Waals surface area contributed by atoms with Crippen molar-refractivity contribution in [3.05, 3.63) is 59.7 Å². The van der Waals surface area contributed by atoms with Crippen LogP contribution in [0.2, 0.25) is 0 Å². The molecular weight excluding hydrogens is 284 g/mol. The second kappa shape index (κ2) is 7.48. The van der Waals surface area contributed by atoms with E-state index in [-0.39, 0.29) is 18.3 Å². The van der Waals surface area contributed by atoms with E-state index in [9.17, 15) is 4.79 Å². The molecule has 2 N–H and O–H groups in total. The fraction of sp³-hybridized carbons (Fsp3) is 0.125. The van der Waals surface area contributed by atoms with Crippen molar-refractivity contribution in [2.45, 2.75) is 11.5 Å². The van der Waals surface area contributed by atoms with E-state index in [4.69, 9.17) is 10.4 Å². The third kappa shape index (κ3) is 4.63. The van der Waals surface area contributed by atoms with Crippen LogP contribution >= 0.6 is 11.8 Å². The van der Waals surface area contributed by atoms with Crippen molar-refractivity contribution >= 4 is 23.4 Å². The van der Waals surface area contributed by atoms with E-state index >= 15 is 0 Å². The second-order valence-electron chi connectivity index (χ2n) is 4.33. The minimum absolute atomic E-state index is 0.0519. The Morgan fingerprint density at radius 1 is 1.24 bits per heavy atom. The van der Waals surface area contributed by atoms with Crippen LogP contribution in [0.4, 0.5) is 5.69 Å². The number of nitrogens with zero attached hydrogens (tertiary/aromatic N) is 1. The normalized spacial score (nSPS) is 9.90. The van der Waals surface area contributed by atoms with Crippen LogP contribution in [0.25, 0.3) is 0 Å². The van der Waals surface area contributed by atoms with Crippen LogP contribution in [0.1, 0.15) is 11.1 Å². The Labute approximate surface area is 127 Å². The van der Waals surface area contributed by atoms with Crippen molar-refractivity contribution in [3.8, 4) is 6.07 Å². The minimum atomic E-state index is -0.112. The zero-order chi connectivity index (χ0) is 15.1. The number of carbonyl (C=O) groups is 1. The highest BCUT2D eigenvalue weighted by Gasteiger charge is 2.04. The van der Waals surface area contributed by atoms with Gasteiger partial charge in [0.2, 0.25) is 5.91 Å². The Balaban J connectivity index is 1.88. The monoisotopic (exact) mass is 298 g/mol. The number of nitriles is 1. The molecule has 21 heavy (non-hydrogen) atoms. The number of aliphatic hydroxyl groups excluding tert-OH is 1. The molecule has 2 aromatic carbocycles. The van der Waals surface area contributed by atoms with Crippen LogP contribution in [0.5, 0.6) is 0 Å². The molecule has 0 radical (unpaired) electrons. The van der Waals surface area contributed by atoms with Crippen LogP contribution < -0.4 is 5.32 Å². The molecule has 0 heterocycles. The molecule has 4 nitrogen and oxygen atoms in total. The average Bonchev–Trinajstić information content (AvgIpc) is 2.53. The van der Waals surface area contributed by atoms with E-state index in [1.807, 2.05) is 12.1 Å². The van der Waals surface area contributed by atoms with Crippen LogP contribution in [-0.2, 0) is 11.4 Å². The molecule has 0 aliphatic heterocycles. The number of amides is 1. The second-order valence-corrected chi connectivity index (χ2v) is 5.38. The highest BCUT2D eigenvalue weighted by molar-refractivity contribution is 8.00. The van der Waals surface area contributed by atoms with Gasteiger partial charge >= 0.3 is 0 Å². The molecular formula is C16H14N2O2S. The molecule has 0 saturated heterocycles. The molecule has 1 amide bonds. The van der Waals surface area contributed by atoms with Gasteiger partial charge in [0.1, 0.15) is 0 Å². The maximum Gasteiger partial charge on any atom is 0.234 e. The number of aliphatic hydroxyl groups is 1. The number of rotatable bonds is 5. The summed E-state index contributed by atoms with van der Waals surface area (Å²) in [5.74, 6) is 0.175. The molecule has 0 bridgehead atoms. The summed E-state index contributed by atoms with van der Waals surface area (Å²) in [6.07, 6.45) is 0. The van der Waals surface area contributed by atoms with Gasteiger partial charge in [0.05, 0.1) is 24.0 Å². The molecule has 0 aromatic heterocycles. The standard InChI is InChI=1S/C16H14N2O2S/c17-9-12-4-6-15(7-5-12)21-11-16(20)18-14-3-1-2-13(8-14)10-19/h1-8,19H,10-11H2,(H,18,20). The maximum absolute atomic E-state index is 11.9. The Hall–Kier alpha value is -2.29. The molecule has 106 valence electrons. The number of carbonyl (C=O) groups excluding carboxylic acids is 1. The highest BCUT2D eigenvalue weighted by atomic mass is 32.2. The van der Waals surface area contributed by atoms with Gasteiger partial charge in [0.25, 0.3) is 0 Å². The summed E-state index contributed by atoms with van der Waals surface area (Å²) in [6, 6.07) is 16.3. The van der Waals surface area contributed by atoms with E-state index in [1.54, 1.807) is 36.4 Å². The smallest absolute Gasteiger partial charge is 0.234 e. The van der Waals surface area contributed by atoms with Crippen molar-refractivity contribution in [3.63, 3.8) is 0 Å². The number of hydrogen-bond donors (Lipinski definition) is 2. The van der Waals surface area contributed by atoms with Crippen molar-refractivity contribution in [1.29, 1.82) is 5.26 Å². The van der Waals surface area contributed by atoms with E-state index in [0.717, 1.165) is 10.5 Å². The largest absolute Gasteiger partial charge is 0.392 e. The third-order valence-corrected chi connectivity index (χ3v) is 3.76. The minimum Gasteiger partial charge on any atom is -0.392 e. The number of nitrogens with one attached hydrogen (secondary N) is 1. The van der Waals surface area contributed by atoms with Crippen molar-refractivity contribution < 1.29 is 9.90 Å². The first-order valence-corrected chi connectivity index (χ1v) is 7.32. The first-order chi connectivity index (χ1) is 10.2. The zero-order valence-electron chi connectivity index (χ0n) is 11.2. The van der Waals surface area contributed by atoms with Crippen LogP contribution in [0, 0.1) is 11.3 Å². The summed E-state index contributed by atoms with van der Waals surface area (Å²) < 4.78 is 0. The van der Waals surface area contributed by atoms with Gasteiger partial charge in [0, 0.05) is 10.6 Å². The van der Waals surface area contributed by atoms with Crippen LogP contribution in [0.3, 0.4) is 0 Å². The number of anilines is 1. The fourth-order valence-electron chi connectivity index (χ4n) is 1.72. The topological polar surface area (TPSA) is 73.1 Å². The lowest BCUT2D eigenvalue weighted by Crippen LogP contribution is -2.14. The van der Waals surface area contributed by atoms with Crippen molar-refractivity contribution in [2.24, 2.45) is 0 Å². The quantitative estimate of drug-likeness (QED) is 0.833. The summed E-state index contributed by atoms with van der Waals surface area (Å²) in [6.45, 7) is -0.0519. The third-order valence-electron chi connectivity index (χ3n) is 2.75. The van der Waals surface area contributed by atoms with Gasteiger partial charge < -0.3 is 10.4 Å². The molecule has 0 fully saturated rings. The summed E-state index contributed by atoms with van der Waals surface area (Å²) in [5, 5.41) is 20.6. The average molecular weight is 298 g/mol. The molecule has 0 atom stereocenters. The fourth-order valence-corrected chi connectivity index (χ4v) is 2.42. The maximum atomic E-state index is 11.9. The van der Waals surface area contributed by atoms with E-state index in [2.05, 4.69) is 11.4 Å². The van der Waals surface area contributed by atoms with Crippen molar-refractivity contribution in [1.82, 2.24) is 0 Å². The summed E-state index contributed by atoms with van der Waals surface area (Å²) in [4.78, 5) is 12.8. The Morgan fingerprint density at radius 2 is 2.00 bits per heavy atom. The molecule has 5 heteroatoms. The molecule has 2 rings (SSSR count). The lowest BCUT2D eigenvalue weighted by Gasteiger charge is -2.06. The van der Waals surface area contributed by atoms with Gasteiger partial charge in [-0.2, -0.15) is 5.26 Å². The lowest BCUT2D eigenvalue weighted by molar-refractivity contribution is -0.113. The van der Waals surface area contributed by atoms with Crippen LogP contribution in [0.15, 0.2) is 53.4 Å². The SMILES string of the molecule is N#Cc1ccc(SCC(=O)Nc2cccc(CO)c2)cc1. The van der Waals surface area contributed by atoms with Gasteiger partial charge in [-0.15, -0.1) is 11.8 Å². The highest BCUT2D eigenvalue weighted by Crippen LogP contribution is 2.19. The molecule has 0 saturated carbocycles. The molecule has 0 aliphatic rings. The van der Waals surface area contributed by atoms with E-state index in [1.165, 1.54) is 11.8 Å². The number of hydrogen-bond acceptors (Lipinski definition) is 4. The van der Waals surface area contributed by atoms with E-state index < -0.39 is 0 Å².